The lowest BCUT2D eigenvalue weighted by Gasteiger charge is -2.29. The summed E-state index contributed by atoms with van der Waals surface area (Å²) in [4.78, 5) is 2.48. The van der Waals surface area contributed by atoms with Crippen molar-refractivity contribution < 1.29 is 0 Å². The van der Waals surface area contributed by atoms with E-state index in [9.17, 15) is 0 Å². The summed E-state index contributed by atoms with van der Waals surface area (Å²) in [6.45, 7) is 0. The van der Waals surface area contributed by atoms with Crippen LogP contribution >= 0.6 is 11.3 Å². The van der Waals surface area contributed by atoms with Crippen LogP contribution in [-0.4, -0.2) is 0 Å². The fraction of sp³-hybridized carbons (Fsp3) is 0. The van der Waals surface area contributed by atoms with Gasteiger partial charge in [-0.25, -0.2) is 0 Å². The van der Waals surface area contributed by atoms with E-state index in [1.807, 2.05) is 11.3 Å². The predicted octanol–water partition coefficient (Wildman–Crippen LogP) is 18.8. The van der Waals surface area contributed by atoms with Crippen molar-refractivity contribution in [2.75, 3.05) is 4.90 Å². The number of hydrogen-bond donors (Lipinski definition) is 0. The first-order chi connectivity index (χ1) is 32.7. The Morgan fingerprint density at radius 3 is 1.45 bits per heavy atom. The average molecular weight is 856 g/mol. The van der Waals surface area contributed by atoms with Gasteiger partial charge in [-0.05, 0) is 131 Å². The quantitative estimate of drug-likeness (QED) is 0.144. The molecule has 0 radical (unpaired) electrons. The molecule has 1 heterocycles. The van der Waals surface area contributed by atoms with E-state index in [0.717, 1.165) is 28.2 Å². The maximum absolute atomic E-state index is 2.48. The SMILES string of the molecule is c1ccc(-c2ccc(-c3cc4ccccc4c4ccccc34)cc2N(c2ccc(-c3cc4ccccc4c4ccccc34)cc2)c2cccc(-c3cccc4c3sc3ccccc34)c2)cc1. The van der Waals surface area contributed by atoms with Crippen LogP contribution in [-0.2, 0) is 0 Å². The summed E-state index contributed by atoms with van der Waals surface area (Å²) in [5.74, 6) is 0. The topological polar surface area (TPSA) is 3.24 Å². The molecule has 66 heavy (non-hydrogen) atoms. The number of nitrogens with zero attached hydrogens (tertiary/aromatic N) is 1. The van der Waals surface area contributed by atoms with Gasteiger partial charge in [0.05, 0.1) is 5.69 Å². The largest absolute Gasteiger partial charge is 0.310 e. The third-order valence-electron chi connectivity index (χ3n) is 13.4. The first-order valence-electron chi connectivity index (χ1n) is 22.7. The number of anilines is 3. The summed E-state index contributed by atoms with van der Waals surface area (Å²) in [6, 6.07) is 91.7. The van der Waals surface area contributed by atoms with E-state index in [-0.39, 0.29) is 0 Å². The van der Waals surface area contributed by atoms with Gasteiger partial charge < -0.3 is 4.90 Å². The molecule has 0 aliphatic rings. The minimum atomic E-state index is 1.08. The normalized spacial score (nSPS) is 11.6. The van der Waals surface area contributed by atoms with E-state index in [1.54, 1.807) is 0 Å². The second-order valence-corrected chi connectivity index (χ2v) is 18.2. The fourth-order valence-corrected chi connectivity index (χ4v) is 11.6. The van der Waals surface area contributed by atoms with Crippen molar-refractivity contribution in [3.8, 4) is 44.5 Å². The van der Waals surface area contributed by atoms with Crippen LogP contribution in [0.1, 0.15) is 0 Å². The molecule has 0 atom stereocenters. The first-order valence-corrected chi connectivity index (χ1v) is 23.5. The summed E-state index contributed by atoms with van der Waals surface area (Å²) in [6.07, 6.45) is 0. The molecule has 0 amide bonds. The van der Waals surface area contributed by atoms with Crippen molar-refractivity contribution in [1.29, 1.82) is 0 Å². The summed E-state index contributed by atoms with van der Waals surface area (Å²) >= 11 is 1.88. The molecule has 13 aromatic rings. The minimum absolute atomic E-state index is 1.08. The van der Waals surface area contributed by atoms with Crippen LogP contribution in [0.5, 0.6) is 0 Å². The van der Waals surface area contributed by atoms with E-state index < -0.39 is 0 Å². The number of hydrogen-bond acceptors (Lipinski definition) is 2. The Balaban J connectivity index is 1.05. The van der Waals surface area contributed by atoms with Crippen molar-refractivity contribution >= 4 is 91.7 Å². The molecule has 0 fully saturated rings. The highest BCUT2D eigenvalue weighted by Gasteiger charge is 2.21. The summed E-state index contributed by atoms with van der Waals surface area (Å²) in [7, 11) is 0. The first kappa shape index (κ1) is 38.2. The Kier molecular flexibility index (Phi) is 9.11. The van der Waals surface area contributed by atoms with Crippen molar-refractivity contribution in [1.82, 2.24) is 0 Å². The monoisotopic (exact) mass is 855 g/mol. The Morgan fingerprint density at radius 1 is 0.258 bits per heavy atom. The summed E-state index contributed by atoms with van der Waals surface area (Å²) < 4.78 is 2.62. The van der Waals surface area contributed by atoms with Crippen molar-refractivity contribution in [3.05, 3.63) is 249 Å². The van der Waals surface area contributed by atoms with Gasteiger partial charge in [-0.3, -0.25) is 0 Å². The zero-order valence-corrected chi connectivity index (χ0v) is 36.8. The van der Waals surface area contributed by atoms with E-state index in [2.05, 4.69) is 254 Å². The Morgan fingerprint density at radius 2 is 0.758 bits per heavy atom. The fourth-order valence-electron chi connectivity index (χ4n) is 10.3. The standard InChI is InChI=1S/C64H41NS/c1-2-16-42(17-3-1)52-37-34-47(61-40-46-19-5-7-23-51(46)55-25-9-11-27-57(55)61)41-62(52)65(49-21-14-20-44(38-49)53-29-15-30-59-58-28-12-13-31-63(58)66-64(53)59)48-35-32-43(33-36-48)60-39-45-18-4-6-22-50(45)54-24-8-10-26-56(54)60/h1-41H. The molecule has 0 N–H and O–H groups in total. The van der Waals surface area contributed by atoms with Gasteiger partial charge in [-0.2, -0.15) is 0 Å². The van der Waals surface area contributed by atoms with Crippen LogP contribution in [0.4, 0.5) is 17.1 Å². The van der Waals surface area contributed by atoms with Crippen LogP contribution in [0.2, 0.25) is 0 Å². The Hall–Kier alpha value is -8.30. The second-order valence-electron chi connectivity index (χ2n) is 17.2. The van der Waals surface area contributed by atoms with Crippen LogP contribution in [0.25, 0.3) is 108 Å². The maximum Gasteiger partial charge on any atom is 0.0546 e. The molecular weight excluding hydrogens is 815 g/mol. The van der Waals surface area contributed by atoms with Gasteiger partial charge in [-0.15, -0.1) is 11.3 Å². The third-order valence-corrected chi connectivity index (χ3v) is 14.6. The Labute approximate surface area is 387 Å². The molecule has 0 bridgehead atoms. The lowest BCUT2D eigenvalue weighted by atomic mass is 9.91. The zero-order chi connectivity index (χ0) is 43.6. The van der Waals surface area contributed by atoms with Crippen molar-refractivity contribution in [2.45, 2.75) is 0 Å². The molecule has 0 saturated carbocycles. The van der Waals surface area contributed by atoms with Gasteiger partial charge >= 0.3 is 0 Å². The molecule has 2 heteroatoms. The van der Waals surface area contributed by atoms with E-state index in [4.69, 9.17) is 0 Å². The molecule has 12 aromatic carbocycles. The highest BCUT2D eigenvalue weighted by atomic mass is 32.1. The zero-order valence-electron chi connectivity index (χ0n) is 36.0. The number of rotatable bonds is 7. The molecule has 13 rings (SSSR count). The van der Waals surface area contributed by atoms with Crippen LogP contribution in [0.15, 0.2) is 249 Å². The molecule has 0 spiro atoms. The molecule has 0 unspecified atom stereocenters. The number of thiophene rings is 1. The molecule has 0 saturated heterocycles. The van der Waals surface area contributed by atoms with Gasteiger partial charge in [0.2, 0.25) is 0 Å². The van der Waals surface area contributed by atoms with E-state index in [0.29, 0.717) is 0 Å². The highest BCUT2D eigenvalue weighted by Crippen LogP contribution is 2.47. The van der Waals surface area contributed by atoms with Crippen molar-refractivity contribution in [2.24, 2.45) is 0 Å². The Bertz CT molecular complexity index is 3990. The molecule has 308 valence electrons. The van der Waals surface area contributed by atoms with Crippen molar-refractivity contribution in [3.63, 3.8) is 0 Å². The predicted molar refractivity (Wildman–Crippen MR) is 286 cm³/mol. The van der Waals surface area contributed by atoms with Gasteiger partial charge in [0.1, 0.15) is 0 Å². The van der Waals surface area contributed by atoms with Gasteiger partial charge in [-0.1, -0.05) is 200 Å². The van der Waals surface area contributed by atoms with Gasteiger partial charge in [0.25, 0.3) is 0 Å². The van der Waals surface area contributed by atoms with Gasteiger partial charge in [0, 0.05) is 37.1 Å². The number of benzene rings is 12. The molecule has 0 aliphatic carbocycles. The summed E-state index contributed by atoms with van der Waals surface area (Å²) in [5.41, 5.74) is 12.8. The molecule has 0 aliphatic heterocycles. The highest BCUT2D eigenvalue weighted by molar-refractivity contribution is 7.26. The summed E-state index contributed by atoms with van der Waals surface area (Å²) in [5, 5.41) is 12.7. The van der Waals surface area contributed by atoms with Crippen LogP contribution in [0.3, 0.4) is 0 Å². The van der Waals surface area contributed by atoms with E-state index >= 15 is 0 Å². The average Bonchev–Trinajstić information content (AvgIpc) is 3.78. The molecule has 1 aromatic heterocycles. The molecule has 1 nitrogen and oxygen atoms in total. The maximum atomic E-state index is 2.48. The smallest absolute Gasteiger partial charge is 0.0546 e. The lowest BCUT2D eigenvalue weighted by molar-refractivity contribution is 1.28. The van der Waals surface area contributed by atoms with E-state index in [1.165, 1.54) is 96.6 Å². The van der Waals surface area contributed by atoms with Crippen LogP contribution in [0, 0.1) is 0 Å². The second kappa shape index (κ2) is 15.7. The molecular formula is C64H41NS. The minimum Gasteiger partial charge on any atom is -0.310 e. The number of fused-ring (bicyclic) bond motifs is 9. The van der Waals surface area contributed by atoms with Gasteiger partial charge in [0.15, 0.2) is 0 Å². The third kappa shape index (κ3) is 6.37. The lowest BCUT2D eigenvalue weighted by Crippen LogP contribution is -2.11. The van der Waals surface area contributed by atoms with Crippen LogP contribution < -0.4 is 4.90 Å².